The molecule has 1 saturated heterocycles. The van der Waals surface area contributed by atoms with E-state index in [9.17, 15) is 9.90 Å². The number of amides is 1. The minimum Gasteiger partial charge on any atom is -0.493 e. The molecule has 0 unspecified atom stereocenters. The molecule has 1 amide bonds. The first-order valence-corrected chi connectivity index (χ1v) is 10.5. The number of rotatable bonds is 8. The summed E-state index contributed by atoms with van der Waals surface area (Å²) in [4.78, 5) is 14.2. The van der Waals surface area contributed by atoms with Crippen molar-refractivity contribution in [2.75, 3.05) is 20.8 Å². The highest BCUT2D eigenvalue weighted by Gasteiger charge is 2.60. The number of ether oxygens (including phenoxy) is 3. The van der Waals surface area contributed by atoms with Crippen LogP contribution in [0.3, 0.4) is 0 Å². The van der Waals surface area contributed by atoms with E-state index in [0.29, 0.717) is 30.9 Å². The van der Waals surface area contributed by atoms with E-state index in [1.807, 2.05) is 43.3 Å². The van der Waals surface area contributed by atoms with Crippen LogP contribution in [0.5, 0.6) is 11.5 Å². The van der Waals surface area contributed by atoms with Crippen LogP contribution in [-0.2, 0) is 16.6 Å². The lowest BCUT2D eigenvalue weighted by Gasteiger charge is -2.42. The Bertz CT molecular complexity index is 925. The van der Waals surface area contributed by atoms with Gasteiger partial charge in [0.25, 0.3) is 0 Å². The van der Waals surface area contributed by atoms with Gasteiger partial charge in [-0.15, -0.1) is 0 Å². The normalized spacial score (nSPS) is 23.6. The standard InChI is InChI=1S/C25H33NO5/c1-23(2,19-10-8-7-9-11-19)17-24(3)25(4,28)26(22(27)31-24)15-14-18-12-13-20(29-5)21(16-18)30-6/h7-13,16,28H,14-15,17H2,1-6H3/t24-,25-/m0/s1. The summed E-state index contributed by atoms with van der Waals surface area (Å²) in [5, 5.41) is 11.5. The van der Waals surface area contributed by atoms with Gasteiger partial charge in [-0.05, 0) is 48.9 Å². The number of hydrogen-bond acceptors (Lipinski definition) is 5. The van der Waals surface area contributed by atoms with Crippen LogP contribution in [0.25, 0.3) is 0 Å². The Morgan fingerprint density at radius 3 is 2.29 bits per heavy atom. The summed E-state index contributed by atoms with van der Waals surface area (Å²) in [6.07, 6.45) is 0.524. The van der Waals surface area contributed by atoms with Crippen molar-refractivity contribution < 1.29 is 24.1 Å². The molecule has 0 saturated carbocycles. The second kappa shape index (κ2) is 8.42. The predicted molar refractivity (Wildman–Crippen MR) is 120 cm³/mol. The van der Waals surface area contributed by atoms with E-state index in [1.165, 1.54) is 4.90 Å². The molecule has 1 fully saturated rings. The van der Waals surface area contributed by atoms with Crippen molar-refractivity contribution in [2.45, 2.75) is 57.3 Å². The summed E-state index contributed by atoms with van der Waals surface area (Å²) in [6, 6.07) is 15.7. The molecule has 1 heterocycles. The maximum absolute atomic E-state index is 12.8. The number of hydrogen-bond donors (Lipinski definition) is 1. The smallest absolute Gasteiger partial charge is 0.412 e. The average Bonchev–Trinajstić information content (AvgIpc) is 2.89. The largest absolute Gasteiger partial charge is 0.493 e. The van der Waals surface area contributed by atoms with Crippen LogP contribution in [0, 0.1) is 0 Å². The molecule has 0 spiro atoms. The third-order valence-electron chi connectivity index (χ3n) is 6.47. The van der Waals surface area contributed by atoms with Crippen molar-refractivity contribution in [3.8, 4) is 11.5 Å². The molecular formula is C25H33NO5. The Morgan fingerprint density at radius 1 is 1.03 bits per heavy atom. The van der Waals surface area contributed by atoms with Crippen LogP contribution in [0.2, 0.25) is 0 Å². The van der Waals surface area contributed by atoms with Gasteiger partial charge < -0.3 is 19.3 Å². The number of benzene rings is 2. The highest BCUT2D eigenvalue weighted by molar-refractivity contribution is 5.72. The van der Waals surface area contributed by atoms with Crippen LogP contribution >= 0.6 is 0 Å². The summed E-state index contributed by atoms with van der Waals surface area (Å²) in [5.41, 5.74) is -0.695. The molecule has 1 N–H and O–H groups in total. The number of nitrogens with zero attached hydrogens (tertiary/aromatic N) is 1. The molecule has 0 aliphatic carbocycles. The van der Waals surface area contributed by atoms with Gasteiger partial charge >= 0.3 is 6.09 Å². The molecule has 6 heteroatoms. The SMILES string of the molecule is COc1ccc(CCN2C(=O)O[C@@](C)(CC(C)(C)c3ccccc3)[C@]2(C)O)cc1OC. The Balaban J connectivity index is 1.77. The Kier molecular flexibility index (Phi) is 6.23. The van der Waals surface area contributed by atoms with Gasteiger partial charge in [-0.2, -0.15) is 0 Å². The van der Waals surface area contributed by atoms with E-state index < -0.39 is 17.4 Å². The second-order valence-corrected chi connectivity index (χ2v) is 9.14. The second-order valence-electron chi connectivity index (χ2n) is 9.14. The first-order valence-electron chi connectivity index (χ1n) is 10.5. The van der Waals surface area contributed by atoms with Crippen molar-refractivity contribution in [3.63, 3.8) is 0 Å². The van der Waals surface area contributed by atoms with E-state index >= 15 is 0 Å². The third-order valence-corrected chi connectivity index (χ3v) is 6.47. The van der Waals surface area contributed by atoms with Crippen LogP contribution in [0.1, 0.15) is 45.2 Å². The molecule has 2 aromatic rings. The lowest BCUT2D eigenvalue weighted by atomic mass is 9.72. The van der Waals surface area contributed by atoms with Crippen molar-refractivity contribution >= 4 is 6.09 Å². The summed E-state index contributed by atoms with van der Waals surface area (Å²) >= 11 is 0. The highest BCUT2D eigenvalue weighted by atomic mass is 16.6. The van der Waals surface area contributed by atoms with E-state index in [2.05, 4.69) is 26.0 Å². The van der Waals surface area contributed by atoms with Gasteiger partial charge in [0.15, 0.2) is 22.8 Å². The summed E-state index contributed by atoms with van der Waals surface area (Å²) < 4.78 is 16.4. The molecular weight excluding hydrogens is 394 g/mol. The molecule has 0 bridgehead atoms. The third kappa shape index (κ3) is 4.35. The molecule has 0 aromatic heterocycles. The van der Waals surface area contributed by atoms with E-state index in [1.54, 1.807) is 21.1 Å². The maximum Gasteiger partial charge on any atom is 0.412 e. The van der Waals surface area contributed by atoms with Crippen LogP contribution in [0.15, 0.2) is 48.5 Å². The number of methoxy groups -OCH3 is 2. The van der Waals surface area contributed by atoms with Crippen LogP contribution in [-0.4, -0.2) is 48.2 Å². The molecule has 2 aromatic carbocycles. The van der Waals surface area contributed by atoms with Gasteiger partial charge in [-0.25, -0.2) is 4.79 Å². The molecule has 0 radical (unpaired) electrons. The number of aliphatic hydroxyl groups is 1. The zero-order chi connectivity index (χ0) is 22.9. The average molecular weight is 428 g/mol. The fraction of sp³-hybridized carbons (Fsp3) is 0.480. The van der Waals surface area contributed by atoms with Crippen LogP contribution in [0.4, 0.5) is 4.79 Å². The van der Waals surface area contributed by atoms with E-state index in [-0.39, 0.29) is 5.41 Å². The summed E-state index contributed by atoms with van der Waals surface area (Å²) in [7, 11) is 3.18. The molecule has 31 heavy (non-hydrogen) atoms. The van der Waals surface area contributed by atoms with Crippen molar-refractivity contribution in [1.82, 2.24) is 4.90 Å². The Labute approximate surface area is 184 Å². The fourth-order valence-corrected chi connectivity index (χ4v) is 4.43. The van der Waals surface area contributed by atoms with Gasteiger partial charge in [0, 0.05) is 13.0 Å². The lowest BCUT2D eigenvalue weighted by Crippen LogP contribution is -2.57. The van der Waals surface area contributed by atoms with Gasteiger partial charge in [-0.3, -0.25) is 4.90 Å². The molecule has 3 rings (SSSR count). The van der Waals surface area contributed by atoms with Crippen molar-refractivity contribution in [1.29, 1.82) is 0 Å². The summed E-state index contributed by atoms with van der Waals surface area (Å²) in [6.45, 7) is 8.00. The first-order chi connectivity index (χ1) is 14.5. The molecule has 1 aliphatic heterocycles. The van der Waals surface area contributed by atoms with Crippen molar-refractivity contribution in [3.05, 3.63) is 59.7 Å². The van der Waals surface area contributed by atoms with Gasteiger partial charge in [0.1, 0.15) is 0 Å². The molecule has 2 atom stereocenters. The van der Waals surface area contributed by atoms with E-state index in [4.69, 9.17) is 14.2 Å². The summed E-state index contributed by atoms with van der Waals surface area (Å²) in [5.74, 6) is 1.28. The molecule has 6 nitrogen and oxygen atoms in total. The predicted octanol–water partition coefficient (Wildman–Crippen LogP) is 4.53. The number of cyclic esters (lactones) is 1. The minimum atomic E-state index is -1.45. The molecule has 168 valence electrons. The van der Waals surface area contributed by atoms with Gasteiger partial charge in [0.2, 0.25) is 0 Å². The Morgan fingerprint density at radius 2 is 1.68 bits per heavy atom. The molecule has 1 aliphatic rings. The fourth-order valence-electron chi connectivity index (χ4n) is 4.43. The zero-order valence-electron chi connectivity index (χ0n) is 19.3. The van der Waals surface area contributed by atoms with Gasteiger partial charge in [-0.1, -0.05) is 50.2 Å². The minimum absolute atomic E-state index is 0.292. The topological polar surface area (TPSA) is 68.2 Å². The number of carbonyl (C=O) groups excluding carboxylic acids is 1. The quantitative estimate of drug-likeness (QED) is 0.670. The Hall–Kier alpha value is -2.73. The van der Waals surface area contributed by atoms with Crippen LogP contribution < -0.4 is 9.47 Å². The zero-order valence-corrected chi connectivity index (χ0v) is 19.3. The van der Waals surface area contributed by atoms with E-state index in [0.717, 1.165) is 11.1 Å². The van der Waals surface area contributed by atoms with Crippen molar-refractivity contribution in [2.24, 2.45) is 0 Å². The number of carbonyl (C=O) groups is 1. The maximum atomic E-state index is 12.8. The monoisotopic (exact) mass is 427 g/mol. The highest BCUT2D eigenvalue weighted by Crippen LogP contribution is 2.45. The van der Waals surface area contributed by atoms with Gasteiger partial charge in [0.05, 0.1) is 14.2 Å². The first kappa shape index (κ1) is 22.9. The lowest BCUT2D eigenvalue weighted by molar-refractivity contribution is -0.145.